The van der Waals surface area contributed by atoms with E-state index in [1.54, 1.807) is 0 Å². The van der Waals surface area contributed by atoms with Crippen LogP contribution in [0.2, 0.25) is 0 Å². The third kappa shape index (κ3) is 7.20. The van der Waals surface area contributed by atoms with Gasteiger partial charge in [-0.3, -0.25) is 0 Å². The van der Waals surface area contributed by atoms with Crippen LogP contribution in [0.1, 0.15) is 0 Å². The zero-order valence-electron chi connectivity index (χ0n) is 27.2. The zero-order chi connectivity index (χ0) is 32.7. The molecular weight excluding hydrogens is 739 g/mol. The van der Waals surface area contributed by atoms with Crippen LogP contribution in [-0.4, -0.2) is 0 Å². The van der Waals surface area contributed by atoms with Crippen LogP contribution in [0.25, 0.3) is 32.7 Å². The average Bonchev–Trinajstić information content (AvgIpc) is 3.17. The molecule has 0 atom stereocenters. The summed E-state index contributed by atoms with van der Waals surface area (Å²) in [5, 5.41) is 13.6. The molecule has 0 radical (unpaired) electrons. The summed E-state index contributed by atoms with van der Waals surface area (Å²) in [5.74, 6) is 0. The van der Waals surface area contributed by atoms with Gasteiger partial charge in [0.25, 0.3) is 0 Å². The van der Waals surface area contributed by atoms with Gasteiger partial charge in [0.1, 0.15) is 31.8 Å². The van der Waals surface area contributed by atoms with E-state index in [1.807, 2.05) is 17.3 Å². The molecule has 0 aliphatic carbocycles. The van der Waals surface area contributed by atoms with E-state index in [2.05, 4.69) is 204 Å². The molecule has 0 bridgehead atoms. The van der Waals surface area contributed by atoms with Crippen LogP contribution < -0.4 is 31.8 Å². The van der Waals surface area contributed by atoms with Gasteiger partial charge in [-0.25, -0.2) is 0 Å². The van der Waals surface area contributed by atoms with Crippen molar-refractivity contribution in [2.75, 3.05) is 0 Å². The molecule has 8 rings (SSSR count). The fraction of sp³-hybridized carbons (Fsp3) is 0. The van der Waals surface area contributed by atoms with Crippen LogP contribution in [0.15, 0.2) is 194 Å². The van der Waals surface area contributed by atoms with Gasteiger partial charge in [-0.15, -0.1) is 0 Å². The molecule has 8 aromatic carbocycles. The maximum absolute atomic E-state index is 4.57. The number of rotatable bonds is 7. The molecule has 0 aliphatic heterocycles. The first kappa shape index (κ1) is 34.9. The van der Waals surface area contributed by atoms with Crippen molar-refractivity contribution in [2.45, 2.75) is 0 Å². The Balaban J connectivity index is 0.00000136. The van der Waals surface area contributed by atoms with E-state index >= 15 is 0 Å². The van der Waals surface area contributed by atoms with E-state index in [4.69, 9.17) is 0 Å². The quantitative estimate of drug-likeness (QED) is 0.0860. The number of fused-ring (bicyclic) bond motifs is 2. The van der Waals surface area contributed by atoms with Crippen molar-refractivity contribution < 1.29 is 17.3 Å². The van der Waals surface area contributed by atoms with Crippen molar-refractivity contribution in [3.8, 4) is 11.1 Å². The average molecular weight is 776 g/mol. The minimum absolute atomic E-state index is 0. The Morgan fingerprint density at radius 3 is 0.878 bits per heavy atom. The van der Waals surface area contributed by atoms with E-state index in [9.17, 15) is 0 Å². The van der Waals surface area contributed by atoms with Crippen molar-refractivity contribution in [1.82, 2.24) is 0 Å². The topological polar surface area (TPSA) is 0 Å². The van der Waals surface area contributed by atoms with Crippen molar-refractivity contribution >= 4 is 78.9 Å². The molecule has 0 nitrogen and oxygen atoms in total. The molecule has 0 fully saturated rings. The van der Waals surface area contributed by atoms with Crippen molar-refractivity contribution in [3.05, 3.63) is 202 Å². The Labute approximate surface area is 307 Å². The molecule has 0 unspecified atom stereocenters. The first-order chi connectivity index (χ1) is 23.9. The minimum atomic E-state index is -1.37. The molecule has 239 valence electrons. The normalized spacial score (nSPS) is 10.8. The molecule has 0 heterocycles. The van der Waals surface area contributed by atoms with Crippen LogP contribution in [0.3, 0.4) is 0 Å². The van der Waals surface area contributed by atoms with Crippen LogP contribution in [0.4, 0.5) is 0 Å². The monoisotopic (exact) mass is 776 g/mol. The number of halogens is 1. The van der Waals surface area contributed by atoms with Gasteiger partial charge < -0.3 is 7.43 Å². The summed E-state index contributed by atoms with van der Waals surface area (Å²) in [6.45, 7) is 0. The molecule has 0 aliphatic rings. The first-order valence-corrected chi connectivity index (χ1v) is 21.2. The number of hydrogen-bond donors (Lipinski definition) is 0. The third-order valence-electron chi connectivity index (χ3n) is 8.90. The second kappa shape index (κ2) is 16.6. The predicted octanol–water partition coefficient (Wildman–Crippen LogP) is 9.78. The zero-order valence-corrected chi connectivity index (χ0v) is 31.7. The Morgan fingerprint density at radius 1 is 0.306 bits per heavy atom. The van der Waals surface area contributed by atoms with E-state index in [0.29, 0.717) is 0 Å². The summed E-state index contributed by atoms with van der Waals surface area (Å²) in [6, 6.07) is 72.2. The first-order valence-electron chi connectivity index (χ1n) is 16.0. The molecule has 0 spiro atoms. The van der Waals surface area contributed by atoms with Crippen LogP contribution >= 0.6 is 25.5 Å². The third-order valence-corrected chi connectivity index (χ3v) is 14.4. The summed E-state index contributed by atoms with van der Waals surface area (Å²) in [4.78, 5) is 0. The van der Waals surface area contributed by atoms with E-state index in [1.165, 1.54) is 64.5 Å². The van der Waals surface area contributed by atoms with Gasteiger partial charge in [0, 0.05) is 11.1 Å². The molecule has 4 heteroatoms. The second-order valence-electron chi connectivity index (χ2n) is 11.6. The van der Waals surface area contributed by atoms with Crippen LogP contribution in [-0.2, 0) is 17.3 Å². The molecule has 0 N–H and O–H groups in total. The Hall–Kier alpha value is -3.95. The predicted molar refractivity (Wildman–Crippen MR) is 219 cm³/mol. The number of hydrogen-bond acceptors (Lipinski definition) is 0. The molecule has 49 heavy (non-hydrogen) atoms. The summed E-state index contributed by atoms with van der Waals surface area (Å²) >= 11 is 1.82. The largest absolute Gasteiger partial charge is 0.111 e. The maximum Gasteiger partial charge on any atom is 0.111 e. The standard InChI is InChI=1S/C44H32P2.CH3.ClH.Ru/c1-5-19-35(20-6-1)45(36-21-7-2-8-22-36)41-31-29-33-17-13-15-27-39(33)43(41)44-40-28-16-14-18-34(40)30-32-42(44)46(37-23-9-3-10-24-37)38-25-11-4-12-26-38;;;/h1-32H;1H3;1H;/q;-1;;+3/p+1. The molecule has 0 saturated heterocycles. The van der Waals surface area contributed by atoms with Gasteiger partial charge in [0.15, 0.2) is 0 Å². The van der Waals surface area contributed by atoms with Crippen molar-refractivity contribution in [2.24, 2.45) is 0 Å². The molecule has 0 amide bonds. The van der Waals surface area contributed by atoms with E-state index in [0.717, 1.165) is 0 Å². The fourth-order valence-electron chi connectivity index (χ4n) is 6.87. The Kier molecular flexibility index (Phi) is 11.9. The Bertz CT molecular complexity index is 2020. The van der Waals surface area contributed by atoms with Gasteiger partial charge >= 0.3 is 27.0 Å². The molecule has 0 saturated carbocycles. The minimum Gasteiger partial charge on any atom is -0.0620 e. The summed E-state index contributed by atoms with van der Waals surface area (Å²) in [6.07, 6.45) is 0. The SMILES string of the molecule is [CH3-].[Cl][Ru+2].c1ccc([PH+](c2ccccc2)c2ccc3ccccc3c2-c2c([PH+](c3ccccc3)c3ccccc3)ccc3ccccc23)cc1. The van der Waals surface area contributed by atoms with E-state index in [-0.39, 0.29) is 7.43 Å². The molecule has 0 aromatic heterocycles. The van der Waals surface area contributed by atoms with Crippen molar-refractivity contribution in [3.63, 3.8) is 0 Å². The maximum atomic E-state index is 4.57. The fourth-order valence-corrected chi connectivity index (χ4v) is 12.4. The van der Waals surface area contributed by atoms with Crippen LogP contribution in [0, 0.1) is 7.43 Å². The smallest absolute Gasteiger partial charge is 0.0620 e. The molecule has 8 aromatic rings. The van der Waals surface area contributed by atoms with Gasteiger partial charge in [-0.2, -0.15) is 0 Å². The summed E-state index contributed by atoms with van der Waals surface area (Å²) in [7, 11) is 1.83. The van der Waals surface area contributed by atoms with E-state index < -0.39 is 15.8 Å². The summed E-state index contributed by atoms with van der Waals surface area (Å²) < 4.78 is 0. The van der Waals surface area contributed by atoms with Gasteiger partial charge in [0.2, 0.25) is 0 Å². The molecular formula is C45H37ClP2Ru+3. The van der Waals surface area contributed by atoms with Crippen molar-refractivity contribution in [1.29, 1.82) is 0 Å². The van der Waals surface area contributed by atoms with Gasteiger partial charge in [-0.1, -0.05) is 133 Å². The van der Waals surface area contributed by atoms with Gasteiger partial charge in [-0.05, 0) is 82.2 Å². The van der Waals surface area contributed by atoms with Crippen LogP contribution in [0.5, 0.6) is 0 Å². The van der Waals surface area contributed by atoms with Gasteiger partial charge in [0.05, 0.1) is 15.8 Å². The Morgan fingerprint density at radius 2 is 0.571 bits per heavy atom. The second-order valence-corrected chi connectivity index (χ2v) is 16.5. The number of benzene rings is 8. The summed E-state index contributed by atoms with van der Waals surface area (Å²) in [5.41, 5.74) is 2.75.